The highest BCUT2D eigenvalue weighted by molar-refractivity contribution is 5.22. The van der Waals surface area contributed by atoms with Gasteiger partial charge in [0.2, 0.25) is 0 Å². The van der Waals surface area contributed by atoms with E-state index in [0.29, 0.717) is 0 Å². The number of nitrogens with zero attached hydrogens (tertiary/aromatic N) is 1. The van der Waals surface area contributed by atoms with Gasteiger partial charge in [0.25, 0.3) is 0 Å². The minimum atomic E-state index is 0.116. The molecule has 1 aliphatic rings. The van der Waals surface area contributed by atoms with E-state index in [1.807, 2.05) is 12.1 Å². The molecule has 0 spiro atoms. The third-order valence-corrected chi connectivity index (χ3v) is 4.80. The largest absolute Gasteiger partial charge is 0.392 e. The van der Waals surface area contributed by atoms with Crippen LogP contribution in [0.4, 0.5) is 0 Å². The molecule has 3 N–H and O–H groups in total. The van der Waals surface area contributed by atoms with E-state index >= 15 is 0 Å². The van der Waals surface area contributed by atoms with Gasteiger partial charge in [0, 0.05) is 18.6 Å². The maximum absolute atomic E-state index is 9.11. The van der Waals surface area contributed by atoms with Crippen LogP contribution < -0.4 is 5.73 Å². The summed E-state index contributed by atoms with van der Waals surface area (Å²) in [5.74, 6) is 0. The highest BCUT2D eigenvalue weighted by Gasteiger charge is 2.35. The Labute approximate surface area is 122 Å². The van der Waals surface area contributed by atoms with Gasteiger partial charge >= 0.3 is 0 Å². The summed E-state index contributed by atoms with van der Waals surface area (Å²) in [5.41, 5.74) is 8.62. The van der Waals surface area contributed by atoms with Crippen molar-refractivity contribution in [1.82, 2.24) is 4.90 Å². The number of benzene rings is 1. The lowest BCUT2D eigenvalue weighted by Gasteiger charge is -2.45. The first-order valence-corrected chi connectivity index (χ1v) is 7.88. The molecule has 0 amide bonds. The zero-order chi connectivity index (χ0) is 14.4. The Hall–Kier alpha value is -0.900. The Kier molecular flexibility index (Phi) is 5.58. The van der Waals surface area contributed by atoms with Gasteiger partial charge in [-0.25, -0.2) is 0 Å². The first-order chi connectivity index (χ1) is 9.74. The predicted molar refractivity (Wildman–Crippen MR) is 83.3 cm³/mol. The van der Waals surface area contributed by atoms with Crippen molar-refractivity contribution in [3.63, 3.8) is 0 Å². The zero-order valence-electron chi connectivity index (χ0n) is 12.6. The van der Waals surface area contributed by atoms with Crippen molar-refractivity contribution in [3.05, 3.63) is 35.4 Å². The van der Waals surface area contributed by atoms with E-state index in [0.717, 1.165) is 25.2 Å². The smallest absolute Gasteiger partial charge is 0.0681 e. The first kappa shape index (κ1) is 15.5. The molecule has 20 heavy (non-hydrogen) atoms. The van der Waals surface area contributed by atoms with Crippen molar-refractivity contribution >= 4 is 0 Å². The number of likely N-dealkylation sites (N-methyl/N-ethyl adjacent to an activating group) is 1. The number of nitrogens with two attached hydrogens (primary N) is 1. The lowest BCUT2D eigenvalue weighted by atomic mass is 9.80. The van der Waals surface area contributed by atoms with E-state index in [2.05, 4.69) is 24.0 Å². The molecule has 2 rings (SSSR count). The molecule has 1 aliphatic carbocycles. The molecule has 1 aromatic rings. The molecular formula is C17H28N2O. The van der Waals surface area contributed by atoms with Crippen molar-refractivity contribution in [1.29, 1.82) is 0 Å². The standard InChI is InChI=1S/C17H28N2O/c1-2-19(17(14-18)10-4-3-5-11-17)12-15-6-8-16(13-20)9-7-15/h6-9,20H,2-5,10-14,18H2,1H3. The molecule has 112 valence electrons. The average molecular weight is 276 g/mol. The van der Waals surface area contributed by atoms with Crippen LogP contribution in [-0.4, -0.2) is 28.6 Å². The Bertz CT molecular complexity index is 396. The van der Waals surface area contributed by atoms with Crippen LogP contribution in [0.3, 0.4) is 0 Å². The molecule has 0 saturated heterocycles. The van der Waals surface area contributed by atoms with Crippen LogP contribution in [0.5, 0.6) is 0 Å². The highest BCUT2D eigenvalue weighted by atomic mass is 16.3. The third kappa shape index (κ3) is 3.40. The highest BCUT2D eigenvalue weighted by Crippen LogP contribution is 2.33. The van der Waals surface area contributed by atoms with Gasteiger partial charge in [-0.05, 0) is 30.5 Å². The minimum absolute atomic E-state index is 0.116. The van der Waals surface area contributed by atoms with Crippen molar-refractivity contribution < 1.29 is 5.11 Å². The summed E-state index contributed by atoms with van der Waals surface area (Å²) in [7, 11) is 0. The number of hydrogen-bond donors (Lipinski definition) is 2. The van der Waals surface area contributed by atoms with Crippen molar-refractivity contribution in [2.75, 3.05) is 13.1 Å². The summed E-state index contributed by atoms with van der Waals surface area (Å²) in [6.45, 7) is 5.10. The predicted octanol–water partition coefficient (Wildman–Crippen LogP) is 2.66. The molecule has 3 heteroatoms. The molecule has 0 aliphatic heterocycles. The van der Waals surface area contributed by atoms with E-state index < -0.39 is 0 Å². The molecule has 1 fully saturated rings. The van der Waals surface area contributed by atoms with Crippen LogP contribution >= 0.6 is 0 Å². The van der Waals surface area contributed by atoms with Gasteiger partial charge in [-0.15, -0.1) is 0 Å². The van der Waals surface area contributed by atoms with Gasteiger partial charge in [-0.3, -0.25) is 4.90 Å². The topological polar surface area (TPSA) is 49.5 Å². The fourth-order valence-corrected chi connectivity index (χ4v) is 3.44. The molecule has 0 atom stereocenters. The van der Waals surface area contributed by atoms with Crippen LogP contribution in [0.25, 0.3) is 0 Å². The fraction of sp³-hybridized carbons (Fsp3) is 0.647. The maximum Gasteiger partial charge on any atom is 0.0681 e. The Morgan fingerprint density at radius 1 is 1.10 bits per heavy atom. The number of hydrogen-bond acceptors (Lipinski definition) is 3. The quantitative estimate of drug-likeness (QED) is 0.840. The number of aliphatic hydroxyl groups excluding tert-OH is 1. The second kappa shape index (κ2) is 7.21. The molecule has 0 bridgehead atoms. The Morgan fingerprint density at radius 3 is 2.20 bits per heavy atom. The number of aliphatic hydroxyl groups is 1. The van der Waals surface area contributed by atoms with Crippen LogP contribution in [-0.2, 0) is 13.2 Å². The minimum Gasteiger partial charge on any atom is -0.392 e. The lowest BCUT2D eigenvalue weighted by Crippen LogP contribution is -2.54. The molecular weight excluding hydrogens is 248 g/mol. The summed E-state index contributed by atoms with van der Waals surface area (Å²) in [5, 5.41) is 9.11. The summed E-state index contributed by atoms with van der Waals surface area (Å²) >= 11 is 0. The molecule has 1 saturated carbocycles. The Morgan fingerprint density at radius 2 is 1.70 bits per heavy atom. The van der Waals surface area contributed by atoms with E-state index in [1.54, 1.807) is 0 Å². The van der Waals surface area contributed by atoms with Crippen molar-refractivity contribution in [2.45, 2.75) is 57.7 Å². The van der Waals surface area contributed by atoms with E-state index in [4.69, 9.17) is 10.8 Å². The maximum atomic E-state index is 9.11. The van der Waals surface area contributed by atoms with Gasteiger partial charge in [-0.1, -0.05) is 50.5 Å². The summed E-state index contributed by atoms with van der Waals surface area (Å²) < 4.78 is 0. The molecule has 1 aromatic carbocycles. The monoisotopic (exact) mass is 276 g/mol. The Balaban J connectivity index is 2.09. The lowest BCUT2D eigenvalue weighted by molar-refractivity contribution is 0.0546. The van der Waals surface area contributed by atoms with Crippen LogP contribution in [0.15, 0.2) is 24.3 Å². The van der Waals surface area contributed by atoms with Gasteiger partial charge in [0.1, 0.15) is 0 Å². The van der Waals surface area contributed by atoms with E-state index in [-0.39, 0.29) is 12.1 Å². The molecule has 3 nitrogen and oxygen atoms in total. The third-order valence-electron chi connectivity index (χ3n) is 4.80. The second-order valence-corrected chi connectivity index (χ2v) is 5.98. The average Bonchev–Trinajstić information content (AvgIpc) is 2.53. The molecule has 0 aromatic heterocycles. The summed E-state index contributed by atoms with van der Waals surface area (Å²) in [6, 6.07) is 8.28. The fourth-order valence-electron chi connectivity index (χ4n) is 3.44. The normalized spacial score (nSPS) is 18.4. The molecule has 0 heterocycles. The second-order valence-electron chi connectivity index (χ2n) is 5.98. The van der Waals surface area contributed by atoms with Crippen LogP contribution in [0.1, 0.15) is 50.2 Å². The summed E-state index contributed by atoms with van der Waals surface area (Å²) in [6.07, 6.45) is 6.41. The van der Waals surface area contributed by atoms with Crippen molar-refractivity contribution in [3.8, 4) is 0 Å². The SMILES string of the molecule is CCN(Cc1ccc(CO)cc1)C1(CN)CCCCC1. The van der Waals surface area contributed by atoms with Gasteiger partial charge in [-0.2, -0.15) is 0 Å². The molecule has 0 unspecified atom stereocenters. The van der Waals surface area contributed by atoms with E-state index in [1.165, 1.54) is 37.7 Å². The van der Waals surface area contributed by atoms with Gasteiger partial charge in [0.15, 0.2) is 0 Å². The van der Waals surface area contributed by atoms with Crippen LogP contribution in [0, 0.1) is 0 Å². The molecule has 0 radical (unpaired) electrons. The van der Waals surface area contributed by atoms with Crippen LogP contribution in [0.2, 0.25) is 0 Å². The van der Waals surface area contributed by atoms with Gasteiger partial charge in [0.05, 0.1) is 6.61 Å². The summed E-state index contributed by atoms with van der Waals surface area (Å²) in [4.78, 5) is 2.56. The van der Waals surface area contributed by atoms with E-state index in [9.17, 15) is 0 Å². The first-order valence-electron chi connectivity index (χ1n) is 7.88. The van der Waals surface area contributed by atoms with Crippen molar-refractivity contribution in [2.24, 2.45) is 5.73 Å². The zero-order valence-corrected chi connectivity index (χ0v) is 12.6. The number of rotatable bonds is 6. The van der Waals surface area contributed by atoms with Gasteiger partial charge < -0.3 is 10.8 Å².